The van der Waals surface area contributed by atoms with E-state index in [2.05, 4.69) is 4.98 Å². The van der Waals surface area contributed by atoms with Gasteiger partial charge in [0.2, 0.25) is 0 Å². The number of ketones is 1. The number of pyridine rings is 1. The van der Waals surface area contributed by atoms with Crippen LogP contribution in [-0.4, -0.2) is 16.3 Å². The van der Waals surface area contributed by atoms with Crippen molar-refractivity contribution in [2.75, 3.05) is 0 Å². The van der Waals surface area contributed by atoms with E-state index in [9.17, 15) is 4.79 Å². The molecule has 0 saturated heterocycles. The Balaban J connectivity index is 1.87. The second kappa shape index (κ2) is 4.18. The van der Waals surface area contributed by atoms with Crippen LogP contribution in [0, 0.1) is 0 Å². The molecule has 1 saturated carbocycles. The summed E-state index contributed by atoms with van der Waals surface area (Å²) in [5.41, 5.74) is 7.53. The van der Waals surface area contributed by atoms with Gasteiger partial charge in [-0.1, -0.05) is 6.07 Å². The number of hydrogen-bond acceptors (Lipinski definition) is 3. The van der Waals surface area contributed by atoms with E-state index in [1.807, 2.05) is 30.3 Å². The Morgan fingerprint density at radius 3 is 2.89 bits per heavy atom. The normalized spacial score (nSPS) is 17.4. The van der Waals surface area contributed by atoms with E-state index < -0.39 is 0 Å². The van der Waals surface area contributed by atoms with Crippen molar-refractivity contribution in [1.29, 1.82) is 0 Å². The average Bonchev–Trinajstić information content (AvgIpc) is 2.36. The molecule has 3 rings (SSSR count). The number of rotatable bonds is 3. The first kappa shape index (κ1) is 11.4. The molecule has 0 unspecified atom stereocenters. The molecule has 3 nitrogen and oxygen atoms in total. The van der Waals surface area contributed by atoms with Crippen molar-refractivity contribution < 1.29 is 4.79 Å². The highest BCUT2D eigenvalue weighted by Gasteiger charge is 2.34. The van der Waals surface area contributed by atoms with Crippen LogP contribution in [0.25, 0.3) is 10.9 Å². The van der Waals surface area contributed by atoms with Crippen molar-refractivity contribution in [2.24, 2.45) is 5.73 Å². The predicted octanol–water partition coefficient (Wildman–Crippen LogP) is 2.69. The van der Waals surface area contributed by atoms with Gasteiger partial charge in [-0.2, -0.15) is 0 Å². The van der Waals surface area contributed by atoms with Gasteiger partial charge in [0, 0.05) is 29.1 Å². The van der Waals surface area contributed by atoms with Crippen LogP contribution in [0.1, 0.15) is 36.0 Å². The molecule has 92 valence electrons. The Hall–Kier alpha value is -1.74. The van der Waals surface area contributed by atoms with Gasteiger partial charge in [-0.15, -0.1) is 0 Å². The minimum Gasteiger partial charge on any atom is -0.325 e. The van der Waals surface area contributed by atoms with Crippen molar-refractivity contribution in [2.45, 2.75) is 31.2 Å². The molecule has 2 N–H and O–H groups in total. The number of Topliss-reactive ketones (excluding diaryl/α,β-unsaturated/α-hetero) is 1. The van der Waals surface area contributed by atoms with Gasteiger partial charge >= 0.3 is 0 Å². The SMILES string of the molecule is NC1(CC(=O)c2ccc3ncccc3c2)CCC1. The van der Waals surface area contributed by atoms with E-state index >= 15 is 0 Å². The monoisotopic (exact) mass is 240 g/mol. The molecule has 0 atom stereocenters. The molecule has 1 fully saturated rings. The fourth-order valence-electron chi connectivity index (χ4n) is 2.48. The molecular formula is C15H16N2O. The number of benzene rings is 1. The lowest BCUT2D eigenvalue weighted by Crippen LogP contribution is -2.48. The number of aromatic nitrogens is 1. The molecule has 0 amide bonds. The standard InChI is InChI=1S/C15H16N2O/c16-15(6-2-7-15)10-14(18)12-4-5-13-11(9-12)3-1-8-17-13/h1,3-5,8-9H,2,6-7,10,16H2. The summed E-state index contributed by atoms with van der Waals surface area (Å²) in [4.78, 5) is 16.4. The first-order chi connectivity index (χ1) is 8.66. The number of nitrogens with zero attached hydrogens (tertiary/aromatic N) is 1. The molecule has 0 radical (unpaired) electrons. The van der Waals surface area contributed by atoms with Gasteiger partial charge in [0.05, 0.1) is 5.52 Å². The summed E-state index contributed by atoms with van der Waals surface area (Å²) in [6.07, 6.45) is 5.29. The molecule has 18 heavy (non-hydrogen) atoms. The number of nitrogens with two attached hydrogens (primary N) is 1. The maximum Gasteiger partial charge on any atom is 0.164 e. The number of carbonyl (C=O) groups excluding carboxylic acids is 1. The Bertz CT molecular complexity index is 602. The van der Waals surface area contributed by atoms with Gasteiger partial charge in [-0.25, -0.2) is 0 Å². The van der Waals surface area contributed by atoms with Crippen LogP contribution in [0.2, 0.25) is 0 Å². The Labute approximate surface area is 106 Å². The zero-order valence-corrected chi connectivity index (χ0v) is 10.2. The molecule has 0 aliphatic heterocycles. The number of carbonyl (C=O) groups is 1. The lowest BCUT2D eigenvalue weighted by molar-refractivity contribution is 0.0912. The molecule has 1 aromatic heterocycles. The second-order valence-electron chi connectivity index (χ2n) is 5.23. The molecule has 0 bridgehead atoms. The minimum absolute atomic E-state index is 0.142. The van der Waals surface area contributed by atoms with E-state index in [1.165, 1.54) is 0 Å². The minimum atomic E-state index is -0.249. The van der Waals surface area contributed by atoms with E-state index in [0.717, 1.165) is 35.7 Å². The lowest BCUT2D eigenvalue weighted by Gasteiger charge is -2.37. The lowest BCUT2D eigenvalue weighted by atomic mass is 9.74. The molecule has 1 aliphatic carbocycles. The largest absolute Gasteiger partial charge is 0.325 e. The highest BCUT2D eigenvalue weighted by Crippen LogP contribution is 2.33. The smallest absolute Gasteiger partial charge is 0.164 e. The molecular weight excluding hydrogens is 224 g/mol. The molecule has 1 aliphatic rings. The third kappa shape index (κ3) is 2.02. The third-order valence-corrected chi connectivity index (χ3v) is 3.79. The average molecular weight is 240 g/mol. The maximum absolute atomic E-state index is 12.2. The maximum atomic E-state index is 12.2. The van der Waals surface area contributed by atoms with E-state index in [0.29, 0.717) is 6.42 Å². The zero-order valence-electron chi connectivity index (χ0n) is 10.2. The second-order valence-corrected chi connectivity index (χ2v) is 5.23. The highest BCUT2D eigenvalue weighted by atomic mass is 16.1. The Morgan fingerprint density at radius 2 is 2.17 bits per heavy atom. The number of fused-ring (bicyclic) bond motifs is 1. The summed E-state index contributed by atoms with van der Waals surface area (Å²) < 4.78 is 0. The molecule has 1 aromatic carbocycles. The van der Waals surface area contributed by atoms with Gasteiger partial charge in [-0.05, 0) is 43.5 Å². The fourth-order valence-corrected chi connectivity index (χ4v) is 2.48. The molecule has 3 heteroatoms. The zero-order chi connectivity index (χ0) is 12.6. The van der Waals surface area contributed by atoms with Gasteiger partial charge < -0.3 is 5.73 Å². The van der Waals surface area contributed by atoms with Crippen LogP contribution in [0.3, 0.4) is 0 Å². The van der Waals surface area contributed by atoms with Crippen LogP contribution < -0.4 is 5.73 Å². The molecule has 2 aromatic rings. The van der Waals surface area contributed by atoms with Crippen molar-refractivity contribution in [3.8, 4) is 0 Å². The Kier molecular flexibility index (Phi) is 2.63. The van der Waals surface area contributed by atoms with Gasteiger partial charge in [0.25, 0.3) is 0 Å². The number of hydrogen-bond donors (Lipinski definition) is 1. The van der Waals surface area contributed by atoms with E-state index in [4.69, 9.17) is 5.73 Å². The van der Waals surface area contributed by atoms with Crippen LogP contribution in [0.5, 0.6) is 0 Å². The van der Waals surface area contributed by atoms with Crippen molar-refractivity contribution in [3.05, 3.63) is 42.1 Å². The summed E-state index contributed by atoms with van der Waals surface area (Å²) in [7, 11) is 0. The van der Waals surface area contributed by atoms with Crippen LogP contribution in [-0.2, 0) is 0 Å². The van der Waals surface area contributed by atoms with Crippen LogP contribution >= 0.6 is 0 Å². The topological polar surface area (TPSA) is 56.0 Å². The first-order valence-electron chi connectivity index (χ1n) is 6.33. The molecule has 1 heterocycles. The van der Waals surface area contributed by atoms with Crippen molar-refractivity contribution in [1.82, 2.24) is 4.98 Å². The summed E-state index contributed by atoms with van der Waals surface area (Å²) in [6, 6.07) is 9.51. The van der Waals surface area contributed by atoms with Crippen molar-refractivity contribution in [3.63, 3.8) is 0 Å². The highest BCUT2D eigenvalue weighted by molar-refractivity contribution is 6.00. The van der Waals surface area contributed by atoms with Gasteiger partial charge in [0.15, 0.2) is 5.78 Å². The Morgan fingerprint density at radius 1 is 1.33 bits per heavy atom. The summed E-state index contributed by atoms with van der Waals surface area (Å²) in [6.45, 7) is 0. The quantitative estimate of drug-likeness (QED) is 0.839. The van der Waals surface area contributed by atoms with Crippen LogP contribution in [0.4, 0.5) is 0 Å². The van der Waals surface area contributed by atoms with Crippen LogP contribution in [0.15, 0.2) is 36.5 Å². The fraction of sp³-hybridized carbons (Fsp3) is 0.333. The molecule has 0 spiro atoms. The van der Waals surface area contributed by atoms with Gasteiger partial charge in [0.1, 0.15) is 0 Å². The third-order valence-electron chi connectivity index (χ3n) is 3.79. The van der Waals surface area contributed by atoms with E-state index in [1.54, 1.807) is 6.20 Å². The van der Waals surface area contributed by atoms with Gasteiger partial charge in [-0.3, -0.25) is 9.78 Å². The van der Waals surface area contributed by atoms with E-state index in [-0.39, 0.29) is 11.3 Å². The predicted molar refractivity (Wildman–Crippen MR) is 71.5 cm³/mol. The summed E-state index contributed by atoms with van der Waals surface area (Å²) >= 11 is 0. The first-order valence-corrected chi connectivity index (χ1v) is 6.33. The summed E-state index contributed by atoms with van der Waals surface area (Å²) in [5, 5.41) is 1.00. The van der Waals surface area contributed by atoms with Crippen molar-refractivity contribution >= 4 is 16.7 Å². The summed E-state index contributed by atoms with van der Waals surface area (Å²) in [5.74, 6) is 0.142.